The number of nitrogens with zero attached hydrogens (tertiary/aromatic N) is 1. The molecule has 0 atom stereocenters. The third kappa shape index (κ3) is 4.63. The summed E-state index contributed by atoms with van der Waals surface area (Å²) in [5.74, 6) is -0.543. The topological polar surface area (TPSA) is 89.3 Å². The molecule has 0 fully saturated rings. The number of hydrogen-bond donors (Lipinski definition) is 1. The van der Waals surface area contributed by atoms with Gasteiger partial charge in [0.25, 0.3) is 5.69 Å². The Morgan fingerprint density at radius 1 is 1.12 bits per heavy atom. The van der Waals surface area contributed by atoms with Crippen molar-refractivity contribution in [3.05, 3.63) is 68.7 Å². The van der Waals surface area contributed by atoms with Crippen molar-refractivity contribution in [2.45, 2.75) is 19.8 Å². The average Bonchev–Trinajstić information content (AvgIpc) is 2.55. The maximum Gasteiger partial charge on any atom is 0.271 e. The van der Waals surface area contributed by atoms with E-state index in [-0.39, 0.29) is 30.2 Å². The maximum atomic E-state index is 12.0. The fourth-order valence-electron chi connectivity index (χ4n) is 2.08. The summed E-state index contributed by atoms with van der Waals surface area (Å²) in [6.07, 6.45) is 0.0328. The molecule has 0 bridgehead atoms. The zero-order chi connectivity index (χ0) is 17.7. The Kier molecular flexibility index (Phi) is 5.65. The van der Waals surface area contributed by atoms with Gasteiger partial charge in [-0.1, -0.05) is 17.7 Å². The molecule has 1 N–H and O–H groups in total. The van der Waals surface area contributed by atoms with Crippen LogP contribution in [-0.2, 0) is 4.79 Å². The fraction of sp³-hybridized carbons (Fsp3) is 0.176. The molecular weight excluding hydrogens is 332 g/mol. The third-order valence-electron chi connectivity index (χ3n) is 3.45. The second-order valence-electron chi connectivity index (χ2n) is 5.23. The van der Waals surface area contributed by atoms with E-state index in [0.717, 1.165) is 0 Å². The van der Waals surface area contributed by atoms with E-state index in [4.69, 9.17) is 11.6 Å². The zero-order valence-electron chi connectivity index (χ0n) is 12.9. The summed E-state index contributed by atoms with van der Waals surface area (Å²) >= 11 is 5.76. The Morgan fingerprint density at radius 2 is 1.79 bits per heavy atom. The lowest BCUT2D eigenvalue weighted by Crippen LogP contribution is -2.14. The van der Waals surface area contributed by atoms with E-state index in [0.29, 0.717) is 21.8 Å². The van der Waals surface area contributed by atoms with Crippen molar-refractivity contribution in [3.63, 3.8) is 0 Å². The first-order chi connectivity index (χ1) is 11.4. The number of benzene rings is 2. The van der Waals surface area contributed by atoms with E-state index >= 15 is 0 Å². The second-order valence-corrected chi connectivity index (χ2v) is 5.67. The van der Waals surface area contributed by atoms with Gasteiger partial charge in [0.15, 0.2) is 5.78 Å². The van der Waals surface area contributed by atoms with Gasteiger partial charge in [-0.05, 0) is 36.8 Å². The summed E-state index contributed by atoms with van der Waals surface area (Å²) in [4.78, 5) is 34.2. The summed E-state index contributed by atoms with van der Waals surface area (Å²) in [5, 5.41) is 13.9. The molecular formula is C17H15ClN2O4. The first kappa shape index (κ1) is 17.6. The van der Waals surface area contributed by atoms with Crippen LogP contribution in [0.1, 0.15) is 28.8 Å². The highest BCUT2D eigenvalue weighted by molar-refractivity contribution is 6.30. The van der Waals surface area contributed by atoms with Crippen LogP contribution < -0.4 is 5.32 Å². The van der Waals surface area contributed by atoms with Crippen LogP contribution >= 0.6 is 11.6 Å². The average molecular weight is 347 g/mol. The van der Waals surface area contributed by atoms with Gasteiger partial charge in [0, 0.05) is 35.6 Å². The number of anilines is 1. The molecule has 0 heterocycles. The van der Waals surface area contributed by atoms with Crippen LogP contribution in [0.15, 0.2) is 42.5 Å². The fourth-order valence-corrected chi connectivity index (χ4v) is 2.20. The molecule has 0 unspecified atom stereocenters. The van der Waals surface area contributed by atoms with Gasteiger partial charge in [-0.2, -0.15) is 0 Å². The second kappa shape index (κ2) is 7.70. The number of nitro groups is 1. The molecule has 0 aliphatic carbocycles. The minimum atomic E-state index is -0.529. The van der Waals surface area contributed by atoms with Gasteiger partial charge >= 0.3 is 0 Å². The number of hydrogen-bond acceptors (Lipinski definition) is 4. The molecule has 124 valence electrons. The zero-order valence-corrected chi connectivity index (χ0v) is 13.7. The Bertz CT molecular complexity index is 788. The number of nitrogens with one attached hydrogen (secondary N) is 1. The number of rotatable bonds is 6. The molecule has 0 aliphatic heterocycles. The number of nitro benzene ring substituents is 1. The largest absolute Gasteiger partial charge is 0.326 e. The van der Waals surface area contributed by atoms with E-state index in [2.05, 4.69) is 5.32 Å². The molecule has 6 nitrogen and oxygen atoms in total. The van der Waals surface area contributed by atoms with Crippen LogP contribution in [-0.4, -0.2) is 16.6 Å². The van der Waals surface area contributed by atoms with E-state index in [1.807, 2.05) is 0 Å². The summed E-state index contributed by atoms with van der Waals surface area (Å²) in [6.45, 7) is 1.73. The van der Waals surface area contributed by atoms with Crippen molar-refractivity contribution >= 4 is 34.7 Å². The Hall–Kier alpha value is -2.73. The SMILES string of the molecule is Cc1ccc([N+](=O)[O-])cc1NC(=O)CCC(=O)c1ccc(Cl)cc1. The van der Waals surface area contributed by atoms with Crippen molar-refractivity contribution in [2.24, 2.45) is 0 Å². The number of ketones is 1. The van der Waals surface area contributed by atoms with Crippen LogP contribution in [0, 0.1) is 17.0 Å². The standard InChI is InChI=1S/C17H15ClN2O4/c1-11-2-7-14(20(23)24)10-15(11)19-17(22)9-8-16(21)12-3-5-13(18)6-4-12/h2-7,10H,8-9H2,1H3,(H,19,22). The minimum Gasteiger partial charge on any atom is -0.326 e. The predicted octanol–water partition coefficient (Wildman–Crippen LogP) is 4.16. The molecule has 2 aromatic rings. The van der Waals surface area contributed by atoms with E-state index < -0.39 is 4.92 Å². The van der Waals surface area contributed by atoms with Crippen LogP contribution in [0.2, 0.25) is 5.02 Å². The highest BCUT2D eigenvalue weighted by atomic mass is 35.5. The van der Waals surface area contributed by atoms with Gasteiger partial charge in [0.1, 0.15) is 0 Å². The molecule has 0 radical (unpaired) electrons. The van der Waals surface area contributed by atoms with Crippen molar-refractivity contribution in [1.29, 1.82) is 0 Å². The van der Waals surface area contributed by atoms with Crippen molar-refractivity contribution in [3.8, 4) is 0 Å². The van der Waals surface area contributed by atoms with Gasteiger partial charge < -0.3 is 5.32 Å². The lowest BCUT2D eigenvalue weighted by molar-refractivity contribution is -0.384. The monoisotopic (exact) mass is 346 g/mol. The molecule has 1 amide bonds. The predicted molar refractivity (Wildman–Crippen MR) is 91.5 cm³/mol. The van der Waals surface area contributed by atoms with E-state index in [9.17, 15) is 19.7 Å². The number of carbonyl (C=O) groups is 2. The first-order valence-electron chi connectivity index (χ1n) is 7.20. The number of carbonyl (C=O) groups excluding carboxylic acids is 2. The molecule has 0 aliphatic rings. The van der Waals surface area contributed by atoms with Crippen LogP contribution in [0.25, 0.3) is 0 Å². The van der Waals surface area contributed by atoms with Crippen molar-refractivity contribution in [2.75, 3.05) is 5.32 Å². The highest BCUT2D eigenvalue weighted by Crippen LogP contribution is 2.22. The number of Topliss-reactive ketones (excluding diaryl/α,β-unsaturated/α-hetero) is 1. The molecule has 2 aromatic carbocycles. The molecule has 0 saturated heterocycles. The number of amides is 1. The maximum absolute atomic E-state index is 12.0. The Morgan fingerprint density at radius 3 is 2.42 bits per heavy atom. The smallest absolute Gasteiger partial charge is 0.271 e. The number of aryl methyl sites for hydroxylation is 1. The first-order valence-corrected chi connectivity index (χ1v) is 7.58. The van der Waals surface area contributed by atoms with E-state index in [1.54, 1.807) is 37.3 Å². The third-order valence-corrected chi connectivity index (χ3v) is 3.70. The van der Waals surface area contributed by atoms with Gasteiger partial charge in [-0.3, -0.25) is 19.7 Å². The molecule has 0 saturated carbocycles. The van der Waals surface area contributed by atoms with Crippen molar-refractivity contribution < 1.29 is 14.5 Å². The highest BCUT2D eigenvalue weighted by Gasteiger charge is 2.13. The molecule has 0 aromatic heterocycles. The lowest BCUT2D eigenvalue weighted by atomic mass is 10.1. The Balaban J connectivity index is 1.96. The van der Waals surface area contributed by atoms with Gasteiger partial charge in [0.2, 0.25) is 5.91 Å². The summed E-state index contributed by atoms with van der Waals surface area (Å²) in [7, 11) is 0. The van der Waals surface area contributed by atoms with Gasteiger partial charge in [-0.15, -0.1) is 0 Å². The van der Waals surface area contributed by atoms with Crippen LogP contribution in [0.5, 0.6) is 0 Å². The van der Waals surface area contributed by atoms with Gasteiger partial charge in [-0.25, -0.2) is 0 Å². The Labute approximate surface area is 143 Å². The normalized spacial score (nSPS) is 10.2. The van der Waals surface area contributed by atoms with Crippen LogP contribution in [0.3, 0.4) is 0 Å². The molecule has 7 heteroatoms. The quantitative estimate of drug-likeness (QED) is 0.483. The molecule has 24 heavy (non-hydrogen) atoms. The summed E-state index contributed by atoms with van der Waals surface area (Å²) in [6, 6.07) is 10.7. The number of halogens is 1. The molecule has 0 spiro atoms. The molecule has 2 rings (SSSR count). The summed E-state index contributed by atoms with van der Waals surface area (Å²) in [5.41, 5.74) is 1.46. The summed E-state index contributed by atoms with van der Waals surface area (Å²) < 4.78 is 0. The van der Waals surface area contributed by atoms with Crippen molar-refractivity contribution in [1.82, 2.24) is 0 Å². The van der Waals surface area contributed by atoms with E-state index in [1.165, 1.54) is 12.1 Å². The van der Waals surface area contributed by atoms with Crippen LogP contribution in [0.4, 0.5) is 11.4 Å². The van der Waals surface area contributed by atoms with Gasteiger partial charge in [0.05, 0.1) is 10.6 Å². The lowest BCUT2D eigenvalue weighted by Gasteiger charge is -2.08. The number of non-ortho nitro benzene ring substituents is 1. The minimum absolute atomic E-state index is 0.0103.